The van der Waals surface area contributed by atoms with Gasteiger partial charge < -0.3 is 25.0 Å². The van der Waals surface area contributed by atoms with Gasteiger partial charge in [-0.15, -0.1) is 0 Å². The summed E-state index contributed by atoms with van der Waals surface area (Å²) >= 11 is 0. The molecule has 0 aliphatic heterocycles. The molecule has 164 valence electrons. The van der Waals surface area contributed by atoms with E-state index in [0.717, 1.165) is 62.2 Å². The third-order valence-electron chi connectivity index (χ3n) is 4.45. The maximum atomic E-state index is 5.86. The van der Waals surface area contributed by atoms with Crippen LogP contribution in [0.5, 0.6) is 5.75 Å². The van der Waals surface area contributed by atoms with E-state index in [0.29, 0.717) is 13.2 Å². The molecule has 0 aliphatic rings. The lowest BCUT2D eigenvalue weighted by Crippen LogP contribution is -2.41. The average Bonchev–Trinajstić information content (AvgIpc) is 2.77. The Kier molecular flexibility index (Phi) is 11.3. The second-order valence-electron chi connectivity index (χ2n) is 7.03. The summed E-state index contributed by atoms with van der Waals surface area (Å²) in [7, 11) is 3.86. The van der Waals surface area contributed by atoms with Gasteiger partial charge in [0, 0.05) is 46.1 Å². The highest BCUT2D eigenvalue weighted by Crippen LogP contribution is 2.15. The first-order chi connectivity index (χ1) is 14.7. The van der Waals surface area contributed by atoms with E-state index in [2.05, 4.69) is 40.6 Å². The lowest BCUT2D eigenvalue weighted by atomic mass is 10.2. The predicted molar refractivity (Wildman–Crippen MR) is 122 cm³/mol. The van der Waals surface area contributed by atoms with Gasteiger partial charge >= 0.3 is 0 Å². The van der Waals surface area contributed by atoms with Crippen molar-refractivity contribution in [1.82, 2.24) is 20.5 Å². The van der Waals surface area contributed by atoms with E-state index in [9.17, 15) is 0 Å². The highest BCUT2D eigenvalue weighted by molar-refractivity contribution is 5.79. The highest BCUT2D eigenvalue weighted by atomic mass is 16.5. The molecule has 7 heteroatoms. The van der Waals surface area contributed by atoms with E-state index < -0.39 is 0 Å². The number of rotatable bonds is 13. The van der Waals surface area contributed by atoms with E-state index in [1.807, 2.05) is 36.4 Å². The van der Waals surface area contributed by atoms with Gasteiger partial charge in [-0.05, 0) is 50.2 Å². The van der Waals surface area contributed by atoms with Gasteiger partial charge in [0.05, 0.1) is 12.2 Å². The maximum Gasteiger partial charge on any atom is 0.191 e. The number of benzene rings is 1. The molecule has 2 N–H and O–H groups in total. The van der Waals surface area contributed by atoms with Crippen LogP contribution in [0.15, 0.2) is 53.7 Å². The smallest absolute Gasteiger partial charge is 0.191 e. The van der Waals surface area contributed by atoms with Crippen LogP contribution < -0.4 is 15.4 Å². The number of hydrogen-bond acceptors (Lipinski definition) is 5. The fraction of sp³-hybridized carbons (Fsp3) is 0.478. The second kappa shape index (κ2) is 14.4. The van der Waals surface area contributed by atoms with Crippen molar-refractivity contribution < 1.29 is 9.47 Å². The van der Waals surface area contributed by atoms with Crippen molar-refractivity contribution in [3.8, 4) is 5.75 Å². The van der Waals surface area contributed by atoms with Gasteiger partial charge in [-0.2, -0.15) is 0 Å². The zero-order chi connectivity index (χ0) is 21.4. The molecule has 0 atom stereocenters. The highest BCUT2D eigenvalue weighted by Gasteiger charge is 2.02. The van der Waals surface area contributed by atoms with Gasteiger partial charge in [0.25, 0.3) is 0 Å². The summed E-state index contributed by atoms with van der Waals surface area (Å²) < 4.78 is 11.0. The molecule has 0 bridgehead atoms. The molecular formula is C23H35N5O2. The van der Waals surface area contributed by atoms with Crippen LogP contribution in [0.3, 0.4) is 0 Å². The Hall–Kier alpha value is -2.64. The van der Waals surface area contributed by atoms with Gasteiger partial charge in [0.15, 0.2) is 5.96 Å². The van der Waals surface area contributed by atoms with E-state index in [4.69, 9.17) is 14.5 Å². The van der Waals surface area contributed by atoms with Crippen molar-refractivity contribution in [1.29, 1.82) is 0 Å². The topological polar surface area (TPSA) is 71.0 Å². The number of aliphatic imine (C=N–C) groups is 1. The van der Waals surface area contributed by atoms with Crippen LogP contribution in [0.4, 0.5) is 0 Å². The average molecular weight is 414 g/mol. The number of aromatic nitrogens is 1. The van der Waals surface area contributed by atoms with E-state index in [1.165, 1.54) is 0 Å². The standard InChI is InChI=1S/C23H35N5O2/c1-4-24-23(26-13-15-28(2)14-8-16-29-3)27-18-20-9-7-11-22(17-20)30-19-21-10-5-6-12-25-21/h5-7,9-12,17H,4,8,13-16,18-19H2,1-3H3,(H2,24,26,27). The Morgan fingerprint density at radius 1 is 1.13 bits per heavy atom. The summed E-state index contributed by atoms with van der Waals surface area (Å²) in [4.78, 5) is 11.3. The molecule has 7 nitrogen and oxygen atoms in total. The summed E-state index contributed by atoms with van der Waals surface area (Å²) in [5.74, 6) is 1.64. The molecule has 0 radical (unpaired) electrons. The van der Waals surface area contributed by atoms with Crippen molar-refractivity contribution in [2.24, 2.45) is 4.99 Å². The van der Waals surface area contributed by atoms with Crippen molar-refractivity contribution in [3.63, 3.8) is 0 Å². The van der Waals surface area contributed by atoms with Gasteiger partial charge in [-0.25, -0.2) is 4.99 Å². The number of likely N-dealkylation sites (N-methyl/N-ethyl adjacent to an activating group) is 1. The molecule has 0 saturated heterocycles. The summed E-state index contributed by atoms with van der Waals surface area (Å²) in [5.41, 5.74) is 2.01. The lowest BCUT2D eigenvalue weighted by molar-refractivity contribution is 0.180. The second-order valence-corrected chi connectivity index (χ2v) is 7.03. The van der Waals surface area contributed by atoms with Crippen LogP contribution in [0.2, 0.25) is 0 Å². The van der Waals surface area contributed by atoms with Gasteiger partial charge in [-0.1, -0.05) is 18.2 Å². The molecule has 0 amide bonds. The molecule has 2 aromatic rings. The Morgan fingerprint density at radius 2 is 2.03 bits per heavy atom. The van der Waals surface area contributed by atoms with E-state index >= 15 is 0 Å². The van der Waals surface area contributed by atoms with Crippen molar-refractivity contribution in [2.75, 3.05) is 46.9 Å². The first-order valence-electron chi connectivity index (χ1n) is 10.5. The molecular weight excluding hydrogens is 378 g/mol. The zero-order valence-electron chi connectivity index (χ0n) is 18.4. The van der Waals surface area contributed by atoms with Gasteiger partial charge in [0.2, 0.25) is 0 Å². The number of ether oxygens (including phenoxy) is 2. The molecule has 0 spiro atoms. The van der Waals surface area contributed by atoms with Crippen LogP contribution in [0.1, 0.15) is 24.6 Å². The molecule has 1 aromatic carbocycles. The summed E-state index contributed by atoms with van der Waals surface area (Å²) in [6, 6.07) is 13.9. The number of nitrogens with one attached hydrogen (secondary N) is 2. The Labute approximate surface area is 180 Å². The largest absolute Gasteiger partial charge is 0.487 e. The molecule has 1 aromatic heterocycles. The third-order valence-corrected chi connectivity index (χ3v) is 4.45. The Balaban J connectivity index is 1.81. The van der Waals surface area contributed by atoms with Crippen LogP contribution in [0, 0.1) is 0 Å². The lowest BCUT2D eigenvalue weighted by Gasteiger charge is -2.18. The number of guanidine groups is 1. The molecule has 0 fully saturated rings. The molecule has 2 rings (SSSR count). The quantitative estimate of drug-likeness (QED) is 0.299. The zero-order valence-corrected chi connectivity index (χ0v) is 18.4. The number of nitrogens with zero attached hydrogens (tertiary/aromatic N) is 3. The summed E-state index contributed by atoms with van der Waals surface area (Å²) in [5, 5.41) is 6.70. The van der Waals surface area contributed by atoms with Crippen LogP contribution in [-0.4, -0.2) is 62.8 Å². The minimum atomic E-state index is 0.454. The normalized spacial score (nSPS) is 11.5. The number of pyridine rings is 1. The Bertz CT molecular complexity index is 739. The van der Waals surface area contributed by atoms with E-state index in [1.54, 1.807) is 13.3 Å². The molecule has 30 heavy (non-hydrogen) atoms. The summed E-state index contributed by atoms with van der Waals surface area (Å²) in [6.45, 7) is 7.53. The monoisotopic (exact) mass is 413 g/mol. The third kappa shape index (κ3) is 9.71. The minimum Gasteiger partial charge on any atom is -0.487 e. The summed E-state index contributed by atoms with van der Waals surface area (Å²) in [6.07, 6.45) is 2.82. The van der Waals surface area contributed by atoms with Gasteiger partial charge in [0.1, 0.15) is 12.4 Å². The minimum absolute atomic E-state index is 0.454. The molecule has 0 aliphatic carbocycles. The molecule has 0 unspecified atom stereocenters. The molecule has 0 saturated carbocycles. The van der Waals surface area contributed by atoms with E-state index in [-0.39, 0.29) is 0 Å². The van der Waals surface area contributed by atoms with Crippen LogP contribution in [-0.2, 0) is 17.9 Å². The van der Waals surface area contributed by atoms with Crippen LogP contribution >= 0.6 is 0 Å². The number of methoxy groups -OCH3 is 1. The Morgan fingerprint density at radius 3 is 2.80 bits per heavy atom. The number of hydrogen-bond donors (Lipinski definition) is 2. The first kappa shape index (κ1) is 23.6. The maximum absolute atomic E-state index is 5.86. The first-order valence-corrected chi connectivity index (χ1v) is 10.5. The van der Waals surface area contributed by atoms with Crippen molar-refractivity contribution in [3.05, 3.63) is 59.9 Å². The van der Waals surface area contributed by atoms with Crippen molar-refractivity contribution >= 4 is 5.96 Å². The fourth-order valence-electron chi connectivity index (χ4n) is 2.84. The van der Waals surface area contributed by atoms with Crippen molar-refractivity contribution in [2.45, 2.75) is 26.5 Å². The van der Waals surface area contributed by atoms with Crippen LogP contribution in [0.25, 0.3) is 0 Å². The molecule has 1 heterocycles. The SMILES string of the molecule is CCNC(=NCc1cccc(OCc2ccccn2)c1)NCCN(C)CCCOC. The predicted octanol–water partition coefficient (Wildman–Crippen LogP) is 2.68. The fourth-order valence-corrected chi connectivity index (χ4v) is 2.84. The van der Waals surface area contributed by atoms with Gasteiger partial charge in [-0.3, -0.25) is 4.98 Å².